The summed E-state index contributed by atoms with van der Waals surface area (Å²) in [6.45, 7) is 2.00. The third-order valence-corrected chi connectivity index (χ3v) is 1.66. The Morgan fingerprint density at radius 2 is 2.33 bits per heavy atom. The number of aliphatic hydroxyl groups is 1. The van der Waals surface area contributed by atoms with E-state index in [9.17, 15) is 0 Å². The van der Waals surface area contributed by atoms with Crippen LogP contribution >= 0.6 is 0 Å². The Balaban J connectivity index is 2.31. The maximum Gasteiger partial charge on any atom is 0.0611 e. The Morgan fingerprint density at radius 3 is 2.67 bits per heavy atom. The van der Waals surface area contributed by atoms with Gasteiger partial charge in [0.1, 0.15) is 0 Å². The first-order valence-electron chi connectivity index (χ1n) is 3.28. The maximum atomic E-state index is 8.90. The second-order valence-corrected chi connectivity index (χ2v) is 2.57. The molecule has 0 aliphatic heterocycles. The van der Waals surface area contributed by atoms with Crippen LogP contribution in [0.4, 0.5) is 0 Å². The van der Waals surface area contributed by atoms with Crippen molar-refractivity contribution in [3.63, 3.8) is 0 Å². The highest BCUT2D eigenvalue weighted by Crippen LogP contribution is 2.31. The van der Waals surface area contributed by atoms with Crippen LogP contribution in [0.15, 0.2) is 11.8 Å². The van der Waals surface area contributed by atoms with Gasteiger partial charge < -0.3 is 10.4 Å². The molecular formula is C7H13NO. The first-order chi connectivity index (χ1) is 4.24. The largest absolute Gasteiger partial charge is 0.392 e. The molecule has 9 heavy (non-hydrogen) atoms. The fraction of sp³-hybridized carbons (Fsp3) is 0.714. The summed E-state index contributed by atoms with van der Waals surface area (Å²) in [6.07, 6.45) is 2.96. The SMILES string of the molecule is CN/C(C)=C/C1CC1O. The van der Waals surface area contributed by atoms with Gasteiger partial charge in [0.25, 0.3) is 0 Å². The van der Waals surface area contributed by atoms with Gasteiger partial charge in [-0.3, -0.25) is 0 Å². The number of hydrogen-bond acceptors (Lipinski definition) is 2. The molecule has 2 unspecified atom stereocenters. The molecule has 1 rings (SSSR count). The number of hydrogen-bond donors (Lipinski definition) is 2. The summed E-state index contributed by atoms with van der Waals surface area (Å²) in [5.41, 5.74) is 1.15. The zero-order valence-corrected chi connectivity index (χ0v) is 5.89. The minimum Gasteiger partial charge on any atom is -0.392 e. The normalized spacial score (nSPS) is 34.3. The van der Waals surface area contributed by atoms with Gasteiger partial charge in [0, 0.05) is 18.7 Å². The smallest absolute Gasteiger partial charge is 0.0611 e. The molecule has 0 amide bonds. The van der Waals surface area contributed by atoms with Crippen LogP contribution in [0.25, 0.3) is 0 Å². The molecule has 0 radical (unpaired) electrons. The minimum atomic E-state index is -0.0618. The summed E-state index contributed by atoms with van der Waals surface area (Å²) in [7, 11) is 1.89. The molecule has 2 nitrogen and oxygen atoms in total. The van der Waals surface area contributed by atoms with Gasteiger partial charge in [-0.2, -0.15) is 0 Å². The number of nitrogens with one attached hydrogen (secondary N) is 1. The van der Waals surface area contributed by atoms with Gasteiger partial charge in [-0.1, -0.05) is 6.08 Å². The van der Waals surface area contributed by atoms with Gasteiger partial charge in [0.05, 0.1) is 6.10 Å². The summed E-state index contributed by atoms with van der Waals surface area (Å²) in [4.78, 5) is 0. The Kier molecular flexibility index (Phi) is 1.76. The summed E-state index contributed by atoms with van der Waals surface area (Å²) in [6, 6.07) is 0. The maximum absolute atomic E-state index is 8.90. The van der Waals surface area contributed by atoms with Crippen LogP contribution in [0.1, 0.15) is 13.3 Å². The van der Waals surface area contributed by atoms with Crippen molar-refractivity contribution < 1.29 is 5.11 Å². The number of rotatable bonds is 2. The van der Waals surface area contributed by atoms with Crippen LogP contribution in [0.5, 0.6) is 0 Å². The lowest BCUT2D eigenvalue weighted by molar-refractivity contribution is 0.268. The van der Waals surface area contributed by atoms with Crippen LogP contribution in [-0.2, 0) is 0 Å². The highest BCUT2D eigenvalue weighted by Gasteiger charge is 2.32. The zero-order chi connectivity index (χ0) is 6.85. The minimum absolute atomic E-state index is 0.0618. The summed E-state index contributed by atoms with van der Waals surface area (Å²) < 4.78 is 0. The van der Waals surface area contributed by atoms with Crippen molar-refractivity contribution in [2.75, 3.05) is 7.05 Å². The van der Waals surface area contributed by atoms with Crippen LogP contribution in [0.3, 0.4) is 0 Å². The molecular weight excluding hydrogens is 114 g/mol. The second kappa shape index (κ2) is 2.40. The van der Waals surface area contributed by atoms with E-state index in [1.807, 2.05) is 14.0 Å². The van der Waals surface area contributed by atoms with E-state index in [0.717, 1.165) is 12.1 Å². The highest BCUT2D eigenvalue weighted by molar-refractivity contribution is 5.07. The zero-order valence-electron chi connectivity index (χ0n) is 5.89. The molecule has 1 aliphatic carbocycles. The molecule has 0 saturated heterocycles. The number of allylic oxidation sites excluding steroid dienone is 1. The average molecular weight is 127 g/mol. The van der Waals surface area contributed by atoms with Gasteiger partial charge in [-0.15, -0.1) is 0 Å². The summed E-state index contributed by atoms with van der Waals surface area (Å²) in [5.74, 6) is 0.428. The van der Waals surface area contributed by atoms with Gasteiger partial charge in [-0.05, 0) is 13.3 Å². The molecule has 0 aromatic heterocycles. The molecule has 1 saturated carbocycles. The van der Waals surface area contributed by atoms with Crippen LogP contribution in [-0.4, -0.2) is 18.3 Å². The fourth-order valence-corrected chi connectivity index (χ4v) is 0.784. The summed E-state index contributed by atoms with van der Waals surface area (Å²) in [5, 5.41) is 11.9. The van der Waals surface area contributed by atoms with Gasteiger partial charge in [0.2, 0.25) is 0 Å². The molecule has 2 N–H and O–H groups in total. The predicted molar refractivity (Wildman–Crippen MR) is 36.9 cm³/mol. The molecule has 0 aromatic carbocycles. The van der Waals surface area contributed by atoms with E-state index in [1.165, 1.54) is 0 Å². The second-order valence-electron chi connectivity index (χ2n) is 2.57. The molecule has 0 spiro atoms. The lowest BCUT2D eigenvalue weighted by Gasteiger charge is -1.95. The lowest BCUT2D eigenvalue weighted by atomic mass is 10.3. The Labute approximate surface area is 55.6 Å². The van der Waals surface area contributed by atoms with Crippen molar-refractivity contribution in [2.45, 2.75) is 19.4 Å². The van der Waals surface area contributed by atoms with E-state index in [-0.39, 0.29) is 6.10 Å². The van der Waals surface area contributed by atoms with Gasteiger partial charge >= 0.3 is 0 Å². The molecule has 1 fully saturated rings. The van der Waals surface area contributed by atoms with Gasteiger partial charge in [0.15, 0.2) is 0 Å². The monoisotopic (exact) mass is 127 g/mol. The molecule has 0 heterocycles. The predicted octanol–water partition coefficient (Wildman–Crippen LogP) is 0.490. The van der Waals surface area contributed by atoms with E-state index in [1.54, 1.807) is 0 Å². The van der Waals surface area contributed by atoms with Crippen molar-refractivity contribution in [1.82, 2.24) is 5.32 Å². The molecule has 0 aromatic rings. The standard InChI is InChI=1S/C7H13NO/c1-5(8-2)3-6-4-7(6)9/h3,6-9H,4H2,1-2H3/b5-3+. The third-order valence-electron chi connectivity index (χ3n) is 1.66. The quantitative estimate of drug-likeness (QED) is 0.566. The fourth-order valence-electron chi connectivity index (χ4n) is 0.784. The average Bonchev–Trinajstić information content (AvgIpc) is 2.47. The van der Waals surface area contributed by atoms with E-state index in [2.05, 4.69) is 11.4 Å². The van der Waals surface area contributed by atoms with Crippen LogP contribution < -0.4 is 5.32 Å². The first kappa shape index (κ1) is 6.62. The van der Waals surface area contributed by atoms with Crippen molar-refractivity contribution in [3.8, 4) is 0 Å². The Hall–Kier alpha value is -0.500. The molecule has 2 heteroatoms. The molecule has 1 aliphatic rings. The van der Waals surface area contributed by atoms with E-state index in [4.69, 9.17) is 5.11 Å². The lowest BCUT2D eigenvalue weighted by Crippen LogP contribution is -2.01. The highest BCUT2D eigenvalue weighted by atomic mass is 16.3. The van der Waals surface area contributed by atoms with Crippen molar-refractivity contribution in [1.29, 1.82) is 0 Å². The van der Waals surface area contributed by atoms with E-state index >= 15 is 0 Å². The number of aliphatic hydroxyl groups excluding tert-OH is 1. The third kappa shape index (κ3) is 1.72. The van der Waals surface area contributed by atoms with Crippen molar-refractivity contribution >= 4 is 0 Å². The molecule has 0 bridgehead atoms. The van der Waals surface area contributed by atoms with Crippen LogP contribution in [0.2, 0.25) is 0 Å². The van der Waals surface area contributed by atoms with Crippen LogP contribution in [0, 0.1) is 5.92 Å². The topological polar surface area (TPSA) is 32.3 Å². The summed E-state index contributed by atoms with van der Waals surface area (Å²) >= 11 is 0. The van der Waals surface area contributed by atoms with E-state index in [0.29, 0.717) is 5.92 Å². The Morgan fingerprint density at radius 1 is 1.78 bits per heavy atom. The van der Waals surface area contributed by atoms with Crippen molar-refractivity contribution in [2.24, 2.45) is 5.92 Å². The first-order valence-corrected chi connectivity index (χ1v) is 3.28. The Bertz CT molecular complexity index is 131. The van der Waals surface area contributed by atoms with E-state index < -0.39 is 0 Å². The van der Waals surface area contributed by atoms with Gasteiger partial charge in [-0.25, -0.2) is 0 Å². The molecule has 52 valence electrons. The van der Waals surface area contributed by atoms with Crippen molar-refractivity contribution in [3.05, 3.63) is 11.8 Å². The molecule has 2 atom stereocenters.